The number of halogens is 1. The number of furan rings is 1. The standard InChI is InChI=1S/C14H8ClNO4/c15-13-4-3-11(20-13)14(17)9(6-16)8-1-2-10-12(5-8)19-7-18-10/h1-5,9H,7H2. The van der Waals surface area contributed by atoms with Gasteiger partial charge in [-0.1, -0.05) is 6.07 Å². The first-order valence-electron chi connectivity index (χ1n) is 5.78. The number of ketones is 1. The Balaban J connectivity index is 1.94. The molecular formula is C14H8ClNO4. The molecule has 1 unspecified atom stereocenters. The van der Waals surface area contributed by atoms with Crippen molar-refractivity contribution >= 4 is 17.4 Å². The second-order valence-corrected chi connectivity index (χ2v) is 4.52. The number of rotatable bonds is 3. The molecule has 1 aromatic heterocycles. The average Bonchev–Trinajstić information content (AvgIpc) is 3.07. The van der Waals surface area contributed by atoms with Crippen LogP contribution in [-0.2, 0) is 0 Å². The van der Waals surface area contributed by atoms with Crippen LogP contribution in [0.4, 0.5) is 0 Å². The quantitative estimate of drug-likeness (QED) is 0.812. The predicted molar refractivity (Wildman–Crippen MR) is 69.0 cm³/mol. The Labute approximate surface area is 119 Å². The Kier molecular flexibility index (Phi) is 3.09. The molecule has 0 bridgehead atoms. The van der Waals surface area contributed by atoms with Crippen molar-refractivity contribution in [2.45, 2.75) is 5.92 Å². The van der Waals surface area contributed by atoms with Crippen LogP contribution < -0.4 is 9.47 Å². The number of carbonyl (C=O) groups is 1. The van der Waals surface area contributed by atoms with Gasteiger partial charge in [-0.3, -0.25) is 4.79 Å². The van der Waals surface area contributed by atoms with E-state index < -0.39 is 11.7 Å². The highest BCUT2D eigenvalue weighted by molar-refractivity contribution is 6.29. The van der Waals surface area contributed by atoms with Gasteiger partial charge in [0.15, 0.2) is 22.5 Å². The summed E-state index contributed by atoms with van der Waals surface area (Å²) >= 11 is 5.64. The zero-order valence-electron chi connectivity index (χ0n) is 10.1. The third kappa shape index (κ3) is 2.10. The lowest BCUT2D eigenvalue weighted by Gasteiger charge is -2.07. The Morgan fingerprint density at radius 2 is 2.05 bits per heavy atom. The summed E-state index contributed by atoms with van der Waals surface area (Å²) in [6.45, 7) is 0.137. The Morgan fingerprint density at radius 3 is 2.75 bits per heavy atom. The number of nitriles is 1. The molecule has 100 valence electrons. The third-order valence-corrected chi connectivity index (χ3v) is 3.14. The number of carbonyl (C=O) groups excluding carboxylic acids is 1. The summed E-state index contributed by atoms with van der Waals surface area (Å²) in [7, 11) is 0. The van der Waals surface area contributed by atoms with Gasteiger partial charge < -0.3 is 13.9 Å². The minimum absolute atomic E-state index is 0.0548. The van der Waals surface area contributed by atoms with Gasteiger partial charge in [-0.2, -0.15) is 5.26 Å². The molecule has 0 saturated heterocycles. The largest absolute Gasteiger partial charge is 0.454 e. The fraction of sp³-hybridized carbons (Fsp3) is 0.143. The van der Waals surface area contributed by atoms with Crippen LogP contribution in [0.5, 0.6) is 11.5 Å². The molecule has 3 rings (SSSR count). The first-order valence-corrected chi connectivity index (χ1v) is 6.15. The van der Waals surface area contributed by atoms with Gasteiger partial charge in [-0.15, -0.1) is 0 Å². The molecule has 0 aliphatic carbocycles. The maximum absolute atomic E-state index is 12.2. The molecule has 1 aliphatic rings. The normalized spacial score (nSPS) is 13.8. The Morgan fingerprint density at radius 1 is 1.25 bits per heavy atom. The molecule has 0 radical (unpaired) electrons. The molecule has 2 heterocycles. The summed E-state index contributed by atoms with van der Waals surface area (Å²) in [5.41, 5.74) is 0.522. The van der Waals surface area contributed by atoms with Crippen LogP contribution in [0.1, 0.15) is 22.0 Å². The second-order valence-electron chi connectivity index (χ2n) is 4.14. The van der Waals surface area contributed by atoms with Crippen LogP contribution in [0.2, 0.25) is 5.22 Å². The van der Waals surface area contributed by atoms with E-state index in [1.54, 1.807) is 18.2 Å². The maximum Gasteiger partial charge on any atom is 0.231 e. The first-order chi connectivity index (χ1) is 9.69. The van der Waals surface area contributed by atoms with Crippen LogP contribution in [0, 0.1) is 11.3 Å². The van der Waals surface area contributed by atoms with Crippen molar-refractivity contribution < 1.29 is 18.7 Å². The van der Waals surface area contributed by atoms with Gasteiger partial charge in [0.25, 0.3) is 0 Å². The molecule has 1 atom stereocenters. The number of fused-ring (bicyclic) bond motifs is 1. The number of nitrogens with zero attached hydrogens (tertiary/aromatic N) is 1. The summed E-state index contributed by atoms with van der Waals surface area (Å²) < 4.78 is 15.5. The van der Waals surface area contributed by atoms with Gasteiger partial charge in [-0.25, -0.2) is 0 Å². The summed E-state index contributed by atoms with van der Waals surface area (Å²) in [5.74, 6) is -0.254. The molecule has 6 heteroatoms. The highest BCUT2D eigenvalue weighted by atomic mass is 35.5. The predicted octanol–water partition coefficient (Wildman–Crippen LogP) is 3.15. The molecular weight excluding hydrogens is 282 g/mol. The number of benzene rings is 1. The fourth-order valence-electron chi connectivity index (χ4n) is 1.97. The average molecular weight is 290 g/mol. The summed E-state index contributed by atoms with van der Waals surface area (Å²) in [6.07, 6.45) is 0. The van der Waals surface area contributed by atoms with Gasteiger partial charge in [0.2, 0.25) is 12.6 Å². The van der Waals surface area contributed by atoms with Crippen LogP contribution in [0.3, 0.4) is 0 Å². The third-order valence-electron chi connectivity index (χ3n) is 2.94. The second kappa shape index (κ2) is 4.91. The van der Waals surface area contributed by atoms with Gasteiger partial charge in [0.05, 0.1) is 6.07 Å². The van der Waals surface area contributed by atoms with E-state index in [0.29, 0.717) is 17.1 Å². The lowest BCUT2D eigenvalue weighted by molar-refractivity contribution is 0.0952. The van der Waals surface area contributed by atoms with Crippen molar-refractivity contribution in [3.8, 4) is 17.6 Å². The van der Waals surface area contributed by atoms with E-state index in [-0.39, 0.29) is 17.8 Å². The smallest absolute Gasteiger partial charge is 0.231 e. The number of hydrogen-bond acceptors (Lipinski definition) is 5. The van der Waals surface area contributed by atoms with Gasteiger partial charge in [-0.05, 0) is 41.4 Å². The molecule has 1 aliphatic heterocycles. The number of ether oxygens (including phenoxy) is 2. The van der Waals surface area contributed by atoms with Crippen LogP contribution in [0.15, 0.2) is 34.7 Å². The van der Waals surface area contributed by atoms with E-state index in [1.165, 1.54) is 12.1 Å². The van der Waals surface area contributed by atoms with Crippen molar-refractivity contribution in [1.82, 2.24) is 0 Å². The summed E-state index contributed by atoms with van der Waals surface area (Å²) in [5, 5.41) is 9.36. The molecule has 0 saturated carbocycles. The minimum Gasteiger partial charge on any atom is -0.454 e. The van der Waals surface area contributed by atoms with E-state index in [2.05, 4.69) is 0 Å². The molecule has 0 fully saturated rings. The first kappa shape index (κ1) is 12.6. The number of Topliss-reactive ketones (excluding diaryl/α,β-unsaturated/α-hetero) is 1. The molecule has 20 heavy (non-hydrogen) atoms. The molecule has 1 aromatic carbocycles. The molecule has 0 amide bonds. The summed E-state index contributed by atoms with van der Waals surface area (Å²) in [6, 6.07) is 9.83. The van der Waals surface area contributed by atoms with Crippen molar-refractivity contribution in [3.63, 3.8) is 0 Å². The van der Waals surface area contributed by atoms with Crippen LogP contribution in [-0.4, -0.2) is 12.6 Å². The minimum atomic E-state index is -0.980. The van der Waals surface area contributed by atoms with Crippen molar-refractivity contribution in [1.29, 1.82) is 5.26 Å². The Bertz CT molecular complexity index is 716. The van der Waals surface area contributed by atoms with E-state index in [9.17, 15) is 10.1 Å². The lowest BCUT2D eigenvalue weighted by atomic mass is 9.94. The monoisotopic (exact) mass is 289 g/mol. The zero-order valence-corrected chi connectivity index (χ0v) is 10.9. The van der Waals surface area contributed by atoms with Gasteiger partial charge in [0, 0.05) is 0 Å². The fourth-order valence-corrected chi connectivity index (χ4v) is 2.11. The van der Waals surface area contributed by atoms with Gasteiger partial charge in [0.1, 0.15) is 5.92 Å². The van der Waals surface area contributed by atoms with Crippen LogP contribution in [0.25, 0.3) is 0 Å². The van der Waals surface area contributed by atoms with Gasteiger partial charge >= 0.3 is 0 Å². The highest BCUT2D eigenvalue weighted by Crippen LogP contribution is 2.35. The molecule has 0 N–H and O–H groups in total. The highest BCUT2D eigenvalue weighted by Gasteiger charge is 2.26. The molecule has 2 aromatic rings. The maximum atomic E-state index is 12.2. The van der Waals surface area contributed by atoms with Crippen molar-refractivity contribution in [3.05, 3.63) is 46.9 Å². The molecule has 5 nitrogen and oxygen atoms in total. The van der Waals surface area contributed by atoms with E-state index in [4.69, 9.17) is 25.5 Å². The molecule has 0 spiro atoms. The SMILES string of the molecule is N#CC(C(=O)c1ccc(Cl)o1)c1ccc2c(c1)OCO2. The van der Waals surface area contributed by atoms with Crippen molar-refractivity contribution in [2.24, 2.45) is 0 Å². The van der Waals surface area contributed by atoms with E-state index in [0.717, 1.165) is 0 Å². The van der Waals surface area contributed by atoms with E-state index in [1.807, 2.05) is 6.07 Å². The van der Waals surface area contributed by atoms with Crippen molar-refractivity contribution in [2.75, 3.05) is 6.79 Å². The summed E-state index contributed by atoms with van der Waals surface area (Å²) in [4.78, 5) is 12.2. The zero-order chi connectivity index (χ0) is 14.1. The number of hydrogen-bond donors (Lipinski definition) is 0. The topological polar surface area (TPSA) is 72.5 Å². The van der Waals surface area contributed by atoms with E-state index >= 15 is 0 Å². The Hall–Kier alpha value is -2.45. The lowest BCUT2D eigenvalue weighted by Crippen LogP contribution is -2.10. The van der Waals surface area contributed by atoms with Crippen LogP contribution >= 0.6 is 11.6 Å².